The Kier molecular flexibility index (Phi) is 3.90. The standard InChI is InChI=1S/C13H22N2O3/c1-13(12(17)18)7-3-2-6-10(13)15-11(16)9-5-4-8-14-9/h9-10,14H,2-8H2,1H3,(H,15,16)(H,17,18)/t9-,10?,13?/m1/s1. The second-order valence-electron chi connectivity index (χ2n) is 5.68. The van der Waals surface area contributed by atoms with E-state index in [1.807, 2.05) is 0 Å². The summed E-state index contributed by atoms with van der Waals surface area (Å²) in [6.45, 7) is 2.63. The fourth-order valence-corrected chi connectivity index (χ4v) is 3.00. The highest BCUT2D eigenvalue weighted by atomic mass is 16.4. The third-order valence-electron chi connectivity index (χ3n) is 4.39. The molecule has 1 heterocycles. The molecule has 0 aromatic heterocycles. The minimum atomic E-state index is -0.813. The predicted molar refractivity (Wildman–Crippen MR) is 67.2 cm³/mol. The average molecular weight is 254 g/mol. The quantitative estimate of drug-likeness (QED) is 0.699. The fraction of sp³-hybridized carbons (Fsp3) is 0.846. The van der Waals surface area contributed by atoms with Crippen LogP contribution in [-0.2, 0) is 9.59 Å². The van der Waals surface area contributed by atoms with Crippen LogP contribution in [0.15, 0.2) is 0 Å². The lowest BCUT2D eigenvalue weighted by Gasteiger charge is -2.38. The van der Waals surface area contributed by atoms with Gasteiger partial charge in [-0.05, 0) is 39.2 Å². The third kappa shape index (κ3) is 2.51. The Hall–Kier alpha value is -1.10. The number of rotatable bonds is 3. The van der Waals surface area contributed by atoms with Crippen molar-refractivity contribution in [3.05, 3.63) is 0 Å². The molecule has 1 amide bonds. The lowest BCUT2D eigenvalue weighted by Crippen LogP contribution is -2.55. The third-order valence-corrected chi connectivity index (χ3v) is 4.39. The van der Waals surface area contributed by atoms with Crippen molar-refractivity contribution in [2.24, 2.45) is 5.41 Å². The minimum Gasteiger partial charge on any atom is -0.481 e. The first-order valence-electron chi connectivity index (χ1n) is 6.81. The van der Waals surface area contributed by atoms with E-state index in [-0.39, 0.29) is 18.0 Å². The van der Waals surface area contributed by atoms with Crippen molar-refractivity contribution < 1.29 is 14.7 Å². The molecule has 0 bridgehead atoms. The van der Waals surface area contributed by atoms with Crippen LogP contribution >= 0.6 is 0 Å². The smallest absolute Gasteiger partial charge is 0.311 e. The van der Waals surface area contributed by atoms with Gasteiger partial charge in [-0.2, -0.15) is 0 Å². The zero-order valence-electron chi connectivity index (χ0n) is 10.9. The number of carbonyl (C=O) groups is 2. The zero-order chi connectivity index (χ0) is 13.2. The van der Waals surface area contributed by atoms with Gasteiger partial charge in [-0.3, -0.25) is 9.59 Å². The molecule has 5 nitrogen and oxygen atoms in total. The largest absolute Gasteiger partial charge is 0.481 e. The first-order valence-corrected chi connectivity index (χ1v) is 6.81. The van der Waals surface area contributed by atoms with E-state index in [4.69, 9.17) is 0 Å². The number of aliphatic carboxylic acids is 1. The van der Waals surface area contributed by atoms with E-state index in [0.29, 0.717) is 6.42 Å². The summed E-state index contributed by atoms with van der Waals surface area (Å²) in [7, 11) is 0. The number of hydrogen-bond acceptors (Lipinski definition) is 3. The van der Waals surface area contributed by atoms with Gasteiger partial charge in [-0.25, -0.2) is 0 Å². The molecule has 0 spiro atoms. The van der Waals surface area contributed by atoms with E-state index in [0.717, 1.165) is 38.6 Å². The lowest BCUT2D eigenvalue weighted by molar-refractivity contribution is -0.152. The molecule has 1 aliphatic carbocycles. The first kappa shape index (κ1) is 13.3. The van der Waals surface area contributed by atoms with Gasteiger partial charge in [0.15, 0.2) is 0 Å². The Morgan fingerprint density at radius 1 is 1.28 bits per heavy atom. The topological polar surface area (TPSA) is 78.4 Å². The summed E-state index contributed by atoms with van der Waals surface area (Å²) in [4.78, 5) is 23.5. The van der Waals surface area contributed by atoms with E-state index < -0.39 is 11.4 Å². The molecule has 3 atom stereocenters. The predicted octanol–water partition coefficient (Wildman–Crippen LogP) is 0.888. The van der Waals surface area contributed by atoms with E-state index >= 15 is 0 Å². The molecule has 2 fully saturated rings. The molecule has 0 aromatic rings. The summed E-state index contributed by atoms with van der Waals surface area (Å²) >= 11 is 0. The van der Waals surface area contributed by atoms with Crippen molar-refractivity contribution in [1.29, 1.82) is 0 Å². The van der Waals surface area contributed by atoms with Crippen molar-refractivity contribution in [3.63, 3.8) is 0 Å². The number of hydrogen-bond donors (Lipinski definition) is 3. The first-order chi connectivity index (χ1) is 8.54. The molecule has 1 saturated carbocycles. The Morgan fingerprint density at radius 2 is 2.06 bits per heavy atom. The zero-order valence-corrected chi connectivity index (χ0v) is 10.9. The monoisotopic (exact) mass is 254 g/mol. The molecular formula is C13H22N2O3. The molecule has 2 unspecified atom stereocenters. The van der Waals surface area contributed by atoms with Gasteiger partial charge in [0.1, 0.15) is 0 Å². The Balaban J connectivity index is 2.01. The number of nitrogens with one attached hydrogen (secondary N) is 2. The summed E-state index contributed by atoms with van der Waals surface area (Å²) in [6.07, 6.45) is 5.19. The summed E-state index contributed by atoms with van der Waals surface area (Å²) in [5, 5.41) is 15.5. The highest BCUT2D eigenvalue weighted by Crippen LogP contribution is 2.36. The molecule has 2 aliphatic rings. The van der Waals surface area contributed by atoms with Gasteiger partial charge in [-0.1, -0.05) is 12.8 Å². The molecule has 102 valence electrons. The highest BCUT2D eigenvalue weighted by Gasteiger charge is 2.44. The van der Waals surface area contributed by atoms with Crippen LogP contribution in [0.25, 0.3) is 0 Å². The van der Waals surface area contributed by atoms with Gasteiger partial charge < -0.3 is 15.7 Å². The second kappa shape index (κ2) is 5.26. The number of carbonyl (C=O) groups excluding carboxylic acids is 1. The van der Waals surface area contributed by atoms with Gasteiger partial charge in [0, 0.05) is 6.04 Å². The molecule has 1 aliphatic heterocycles. The molecule has 0 aromatic carbocycles. The van der Waals surface area contributed by atoms with Crippen molar-refractivity contribution in [2.75, 3.05) is 6.54 Å². The molecule has 18 heavy (non-hydrogen) atoms. The van der Waals surface area contributed by atoms with Crippen molar-refractivity contribution in [2.45, 2.75) is 57.5 Å². The van der Waals surface area contributed by atoms with E-state index in [9.17, 15) is 14.7 Å². The fourth-order valence-electron chi connectivity index (χ4n) is 3.00. The molecular weight excluding hydrogens is 232 g/mol. The van der Waals surface area contributed by atoms with Gasteiger partial charge in [-0.15, -0.1) is 0 Å². The van der Waals surface area contributed by atoms with Crippen LogP contribution in [0.1, 0.15) is 45.4 Å². The SMILES string of the molecule is CC1(C(=O)O)CCCCC1NC(=O)[C@H]1CCCN1. The maximum absolute atomic E-state index is 12.1. The van der Waals surface area contributed by atoms with E-state index in [2.05, 4.69) is 10.6 Å². The van der Waals surface area contributed by atoms with Crippen LogP contribution in [-0.4, -0.2) is 35.6 Å². The van der Waals surface area contributed by atoms with E-state index in [1.54, 1.807) is 6.92 Å². The Bertz CT molecular complexity index is 339. The van der Waals surface area contributed by atoms with Crippen LogP contribution in [0.4, 0.5) is 0 Å². The second-order valence-corrected chi connectivity index (χ2v) is 5.68. The molecule has 3 N–H and O–H groups in total. The minimum absolute atomic E-state index is 0.0353. The summed E-state index contributed by atoms with van der Waals surface area (Å²) in [5.74, 6) is -0.834. The van der Waals surface area contributed by atoms with Crippen LogP contribution < -0.4 is 10.6 Å². The van der Waals surface area contributed by atoms with Crippen LogP contribution in [0.2, 0.25) is 0 Å². The van der Waals surface area contributed by atoms with E-state index in [1.165, 1.54) is 0 Å². The molecule has 5 heteroatoms. The number of amides is 1. The van der Waals surface area contributed by atoms with Gasteiger partial charge >= 0.3 is 5.97 Å². The average Bonchev–Trinajstić information content (AvgIpc) is 2.85. The highest BCUT2D eigenvalue weighted by molar-refractivity contribution is 5.84. The maximum Gasteiger partial charge on any atom is 0.311 e. The van der Waals surface area contributed by atoms with Crippen molar-refractivity contribution >= 4 is 11.9 Å². The van der Waals surface area contributed by atoms with Crippen LogP contribution in [0, 0.1) is 5.41 Å². The summed E-state index contributed by atoms with van der Waals surface area (Å²) < 4.78 is 0. The maximum atomic E-state index is 12.1. The summed E-state index contributed by atoms with van der Waals surface area (Å²) in [6, 6.07) is -0.372. The normalized spacial score (nSPS) is 36.3. The van der Waals surface area contributed by atoms with Gasteiger partial charge in [0.2, 0.25) is 5.91 Å². The van der Waals surface area contributed by atoms with Crippen LogP contribution in [0.3, 0.4) is 0 Å². The van der Waals surface area contributed by atoms with Gasteiger partial charge in [0.25, 0.3) is 0 Å². The number of carboxylic acids is 1. The van der Waals surface area contributed by atoms with Crippen molar-refractivity contribution in [1.82, 2.24) is 10.6 Å². The molecule has 2 rings (SSSR count). The molecule has 0 radical (unpaired) electrons. The van der Waals surface area contributed by atoms with Crippen molar-refractivity contribution in [3.8, 4) is 0 Å². The lowest BCUT2D eigenvalue weighted by atomic mass is 9.71. The Labute approximate surface area is 107 Å². The number of carboxylic acid groups (broad SMARTS) is 1. The Morgan fingerprint density at radius 3 is 2.67 bits per heavy atom. The van der Waals surface area contributed by atoms with Crippen LogP contribution in [0.5, 0.6) is 0 Å². The van der Waals surface area contributed by atoms with Gasteiger partial charge in [0.05, 0.1) is 11.5 Å². The summed E-state index contributed by atoms with van der Waals surface area (Å²) in [5.41, 5.74) is -0.813. The molecule has 1 saturated heterocycles.